The van der Waals surface area contributed by atoms with Crippen LogP contribution in [0.1, 0.15) is 20.3 Å². The van der Waals surface area contributed by atoms with E-state index >= 15 is 0 Å². The van der Waals surface area contributed by atoms with Gasteiger partial charge in [-0.15, -0.1) is 15.7 Å². The number of nitrogens with two attached hydrogens (primary N) is 2. The number of thiophene rings is 1. The van der Waals surface area contributed by atoms with Crippen molar-refractivity contribution in [1.29, 1.82) is 0 Å². The normalized spacial score (nSPS) is 15.2. The number of nitrogens with zero attached hydrogens (tertiary/aromatic N) is 1. The van der Waals surface area contributed by atoms with Gasteiger partial charge in [0, 0.05) is 5.38 Å². The molecule has 1 rings (SSSR count). The quantitative estimate of drug-likeness (QED) is 0.737. The number of hydrogen-bond acceptors (Lipinski definition) is 5. The van der Waals surface area contributed by atoms with Crippen molar-refractivity contribution in [1.82, 2.24) is 4.72 Å². The van der Waals surface area contributed by atoms with Gasteiger partial charge in [-0.05, 0) is 12.3 Å². The highest BCUT2D eigenvalue weighted by Gasteiger charge is 2.27. The zero-order valence-electron chi connectivity index (χ0n) is 11.8. The smallest absolute Gasteiger partial charge is 0.324 e. The molecule has 0 radical (unpaired) electrons. The summed E-state index contributed by atoms with van der Waals surface area (Å²) in [5, 5.41) is 0.737. The lowest BCUT2D eigenvalue weighted by molar-refractivity contribution is -0.119. The first-order valence-corrected chi connectivity index (χ1v) is 8.52. The molecule has 22 heavy (non-hydrogen) atoms. The van der Waals surface area contributed by atoms with Crippen molar-refractivity contribution in [3.63, 3.8) is 0 Å². The summed E-state index contributed by atoms with van der Waals surface area (Å²) in [6.07, 6.45) is 0.246. The molecule has 1 heterocycles. The number of carbonyl (C=O) groups excluding carboxylic acids is 2. The molecular weight excluding hydrogens is 338 g/mol. The lowest BCUT2D eigenvalue weighted by atomic mass is 10.0. The second-order valence-corrected chi connectivity index (χ2v) is 7.83. The van der Waals surface area contributed by atoms with Crippen LogP contribution in [0.15, 0.2) is 14.0 Å². The zero-order valence-corrected chi connectivity index (χ0v) is 13.5. The first-order valence-electron chi connectivity index (χ1n) is 6.13. The fraction of sp³-hybridized carbons (Fsp3) is 0.455. The van der Waals surface area contributed by atoms with E-state index in [1.807, 2.05) is 0 Å². The number of amides is 3. The van der Waals surface area contributed by atoms with Gasteiger partial charge < -0.3 is 11.5 Å². The van der Waals surface area contributed by atoms with Gasteiger partial charge in [-0.3, -0.25) is 4.79 Å². The highest BCUT2D eigenvalue weighted by atomic mass is 32.2. The van der Waals surface area contributed by atoms with E-state index < -0.39 is 43.7 Å². The number of rotatable bonds is 5. The fourth-order valence-corrected chi connectivity index (χ4v) is 4.18. The molecule has 1 aromatic rings. The first kappa shape index (κ1) is 18.5. The van der Waals surface area contributed by atoms with Crippen molar-refractivity contribution in [2.24, 2.45) is 21.7 Å². The van der Waals surface area contributed by atoms with E-state index in [0.717, 1.165) is 5.38 Å². The van der Waals surface area contributed by atoms with E-state index in [1.54, 1.807) is 18.6 Å². The molecular formula is C11H16F2N4O3S2. The summed E-state index contributed by atoms with van der Waals surface area (Å²) in [4.78, 5) is 22.8. The molecule has 0 aliphatic carbocycles. The molecule has 3 amide bonds. The number of nitrogens with one attached hydrogen (secondary N) is 1. The Morgan fingerprint density at radius 3 is 2.45 bits per heavy atom. The third kappa shape index (κ3) is 4.45. The molecule has 0 saturated heterocycles. The lowest BCUT2D eigenvalue weighted by Gasteiger charge is -2.12. The monoisotopic (exact) mass is 354 g/mol. The van der Waals surface area contributed by atoms with Crippen LogP contribution in [0.3, 0.4) is 0 Å². The summed E-state index contributed by atoms with van der Waals surface area (Å²) in [5.41, 5.74) is 10.5. The molecule has 11 heteroatoms. The maximum absolute atomic E-state index is 13.6. The summed E-state index contributed by atoms with van der Waals surface area (Å²) in [5.74, 6) is -3.67. The zero-order chi connectivity index (χ0) is 17.1. The van der Waals surface area contributed by atoms with Gasteiger partial charge in [0.05, 0.1) is 6.04 Å². The van der Waals surface area contributed by atoms with Crippen LogP contribution in [-0.2, 0) is 14.7 Å². The molecule has 0 aliphatic rings. The van der Waals surface area contributed by atoms with E-state index in [2.05, 4.69) is 4.36 Å². The van der Waals surface area contributed by atoms with Gasteiger partial charge in [-0.1, -0.05) is 13.8 Å². The molecule has 0 spiro atoms. The van der Waals surface area contributed by atoms with Gasteiger partial charge in [0.15, 0.2) is 25.8 Å². The number of urea groups is 1. The molecule has 1 unspecified atom stereocenters. The number of primary amides is 1. The molecule has 0 bridgehead atoms. The van der Waals surface area contributed by atoms with Crippen molar-refractivity contribution in [2.45, 2.75) is 30.5 Å². The van der Waals surface area contributed by atoms with Gasteiger partial charge in [0.1, 0.15) is 0 Å². The lowest BCUT2D eigenvalue weighted by Crippen LogP contribution is -2.37. The SMILES string of the molecule is CC(C)C[C@H](N)C(=O)N=S(=O)(NC(N)=O)c1scc(F)c1F. The Balaban J connectivity index is 3.31. The van der Waals surface area contributed by atoms with Crippen molar-refractivity contribution in [3.05, 3.63) is 17.0 Å². The summed E-state index contributed by atoms with van der Waals surface area (Å²) >= 11 is 0.410. The van der Waals surface area contributed by atoms with Crippen LogP contribution >= 0.6 is 11.3 Å². The summed E-state index contributed by atoms with van der Waals surface area (Å²) < 4.78 is 43.6. The molecule has 5 N–H and O–H groups in total. The predicted octanol–water partition coefficient (Wildman–Crippen LogP) is 1.34. The molecule has 7 nitrogen and oxygen atoms in total. The summed E-state index contributed by atoms with van der Waals surface area (Å²) in [7, 11) is -4.08. The van der Waals surface area contributed by atoms with Crippen molar-refractivity contribution in [2.75, 3.05) is 0 Å². The summed E-state index contributed by atoms with van der Waals surface area (Å²) in [6.45, 7) is 3.61. The first-order chi connectivity index (χ1) is 10.1. The maximum atomic E-state index is 13.6. The summed E-state index contributed by atoms with van der Waals surface area (Å²) in [6, 6.07) is -2.38. The second kappa shape index (κ2) is 7.11. The van der Waals surface area contributed by atoms with Crippen LogP contribution in [0, 0.1) is 17.6 Å². The minimum atomic E-state index is -4.08. The van der Waals surface area contributed by atoms with Gasteiger partial charge in [0.2, 0.25) is 0 Å². The second-order valence-electron chi connectivity index (χ2n) is 4.84. The molecule has 0 aromatic carbocycles. The van der Waals surface area contributed by atoms with Crippen LogP contribution in [0.2, 0.25) is 0 Å². The average molecular weight is 354 g/mol. The average Bonchev–Trinajstić information content (AvgIpc) is 2.68. The van der Waals surface area contributed by atoms with Crippen molar-refractivity contribution < 1.29 is 22.6 Å². The predicted molar refractivity (Wildman–Crippen MR) is 78.2 cm³/mol. The number of halogens is 2. The molecule has 1 aromatic heterocycles. The molecule has 0 saturated carbocycles. The standard InChI is InChI=1S/C11H16F2N4O3S2/c1-5(2)3-7(14)9(18)16-22(20,17-11(15)19)10-8(13)6(12)4-21-10/h4-5,7H,3,14H2,1-2H3,(H3,15,16,17,18,19,20)/t7-,22?/m0/s1. The third-order valence-electron chi connectivity index (χ3n) is 2.41. The van der Waals surface area contributed by atoms with Crippen LogP contribution in [0.5, 0.6) is 0 Å². The molecule has 2 atom stereocenters. The van der Waals surface area contributed by atoms with Gasteiger partial charge >= 0.3 is 6.03 Å². The van der Waals surface area contributed by atoms with E-state index in [-0.39, 0.29) is 12.3 Å². The van der Waals surface area contributed by atoms with E-state index in [9.17, 15) is 22.6 Å². The van der Waals surface area contributed by atoms with Crippen molar-refractivity contribution in [3.8, 4) is 0 Å². The number of carbonyl (C=O) groups is 2. The van der Waals surface area contributed by atoms with Crippen LogP contribution in [0.25, 0.3) is 0 Å². The third-order valence-corrected chi connectivity index (χ3v) is 5.69. The Bertz CT molecular complexity index is 696. The van der Waals surface area contributed by atoms with Crippen molar-refractivity contribution >= 4 is 33.2 Å². The maximum Gasteiger partial charge on any atom is 0.324 e. The van der Waals surface area contributed by atoms with Crippen LogP contribution < -0.4 is 16.2 Å². The fourth-order valence-electron chi connectivity index (χ4n) is 1.54. The van der Waals surface area contributed by atoms with E-state index in [4.69, 9.17) is 11.5 Å². The van der Waals surface area contributed by atoms with Gasteiger partial charge in [0.25, 0.3) is 5.91 Å². The Hall–Kier alpha value is -1.59. The van der Waals surface area contributed by atoms with Gasteiger partial charge in [-0.25, -0.2) is 22.5 Å². The molecule has 0 aliphatic heterocycles. The molecule has 0 fully saturated rings. The molecule has 124 valence electrons. The Morgan fingerprint density at radius 1 is 1.45 bits per heavy atom. The van der Waals surface area contributed by atoms with Crippen LogP contribution in [-0.4, -0.2) is 22.2 Å². The highest BCUT2D eigenvalue weighted by Crippen LogP contribution is 2.26. The Labute approximate surface area is 130 Å². The van der Waals surface area contributed by atoms with Gasteiger partial charge in [-0.2, -0.15) is 0 Å². The highest BCUT2D eigenvalue weighted by molar-refractivity contribution is 7.94. The number of hydrogen-bond donors (Lipinski definition) is 3. The Morgan fingerprint density at radius 2 is 2.05 bits per heavy atom. The largest absolute Gasteiger partial charge is 0.351 e. The van der Waals surface area contributed by atoms with E-state index in [1.165, 1.54) is 0 Å². The van der Waals surface area contributed by atoms with Crippen LogP contribution in [0.4, 0.5) is 13.6 Å². The minimum absolute atomic E-state index is 0.0604. The topological polar surface area (TPSA) is 128 Å². The Kier molecular flexibility index (Phi) is 5.97. The van der Waals surface area contributed by atoms with E-state index in [0.29, 0.717) is 11.3 Å². The minimum Gasteiger partial charge on any atom is -0.351 e.